The van der Waals surface area contributed by atoms with Gasteiger partial charge in [-0.25, -0.2) is 10.2 Å². The van der Waals surface area contributed by atoms with Crippen LogP contribution in [0.25, 0.3) is 0 Å². The van der Waals surface area contributed by atoms with Gasteiger partial charge in [-0.15, -0.1) is 0 Å². The van der Waals surface area contributed by atoms with Crippen LogP contribution in [0.15, 0.2) is 24.3 Å². The molecule has 1 aromatic rings. The molecule has 0 saturated carbocycles. The first kappa shape index (κ1) is 8.07. The molecule has 4 heteroatoms. The normalized spacial score (nSPS) is 15.2. The summed E-state index contributed by atoms with van der Waals surface area (Å²) in [6.45, 7) is 1.21. The molecule has 0 unspecified atom stereocenters. The van der Waals surface area contributed by atoms with Gasteiger partial charge in [-0.05, 0) is 11.1 Å². The van der Waals surface area contributed by atoms with Gasteiger partial charge in [0.25, 0.3) is 0 Å². The lowest BCUT2D eigenvalue weighted by Crippen LogP contribution is -2.47. The SMILES string of the molecule is NC(=O)N1Cc2ccccc2CN1. The maximum Gasteiger partial charge on any atom is 0.329 e. The predicted molar refractivity (Wildman–Crippen MR) is 48.4 cm³/mol. The molecule has 0 fully saturated rings. The van der Waals surface area contributed by atoms with Crippen molar-refractivity contribution in [1.29, 1.82) is 0 Å². The molecule has 0 bridgehead atoms. The second kappa shape index (κ2) is 3.06. The Morgan fingerprint density at radius 2 is 2.08 bits per heavy atom. The Kier molecular flexibility index (Phi) is 1.90. The molecule has 0 aromatic heterocycles. The summed E-state index contributed by atoms with van der Waals surface area (Å²) in [4.78, 5) is 10.8. The number of rotatable bonds is 0. The Morgan fingerprint density at radius 1 is 1.38 bits per heavy atom. The number of hydrogen-bond donors (Lipinski definition) is 2. The van der Waals surface area contributed by atoms with E-state index in [0.717, 1.165) is 5.56 Å². The fourth-order valence-corrected chi connectivity index (χ4v) is 1.45. The van der Waals surface area contributed by atoms with E-state index in [2.05, 4.69) is 5.43 Å². The number of carbonyl (C=O) groups is 1. The first-order valence-corrected chi connectivity index (χ1v) is 4.14. The smallest absolute Gasteiger partial charge is 0.329 e. The second-order valence-corrected chi connectivity index (χ2v) is 3.03. The van der Waals surface area contributed by atoms with Gasteiger partial charge in [-0.2, -0.15) is 0 Å². The Balaban J connectivity index is 2.24. The number of fused-ring (bicyclic) bond motifs is 1. The van der Waals surface area contributed by atoms with Crippen LogP contribution in [0, 0.1) is 0 Å². The quantitative estimate of drug-likeness (QED) is 0.609. The van der Waals surface area contributed by atoms with Gasteiger partial charge in [0.05, 0.1) is 6.54 Å². The molecule has 3 N–H and O–H groups in total. The van der Waals surface area contributed by atoms with Crippen LogP contribution < -0.4 is 11.2 Å². The van der Waals surface area contributed by atoms with Crippen LogP contribution in [-0.2, 0) is 13.1 Å². The number of carbonyl (C=O) groups excluding carboxylic acids is 1. The van der Waals surface area contributed by atoms with E-state index in [-0.39, 0.29) is 0 Å². The summed E-state index contributed by atoms with van der Waals surface area (Å²) >= 11 is 0. The van der Waals surface area contributed by atoms with E-state index in [1.807, 2.05) is 24.3 Å². The number of hydrogen-bond acceptors (Lipinski definition) is 2. The van der Waals surface area contributed by atoms with Crippen LogP contribution >= 0.6 is 0 Å². The molecule has 0 atom stereocenters. The van der Waals surface area contributed by atoms with Gasteiger partial charge in [0.2, 0.25) is 0 Å². The molecule has 1 aliphatic heterocycles. The maximum atomic E-state index is 10.8. The van der Waals surface area contributed by atoms with Crippen LogP contribution in [0.2, 0.25) is 0 Å². The minimum absolute atomic E-state index is 0.436. The van der Waals surface area contributed by atoms with Gasteiger partial charge in [0.1, 0.15) is 0 Å². The van der Waals surface area contributed by atoms with Gasteiger partial charge in [-0.3, -0.25) is 5.01 Å². The van der Waals surface area contributed by atoms with Crippen molar-refractivity contribution in [2.24, 2.45) is 5.73 Å². The third-order valence-corrected chi connectivity index (χ3v) is 2.17. The zero-order valence-electron chi connectivity index (χ0n) is 7.16. The van der Waals surface area contributed by atoms with Crippen molar-refractivity contribution in [3.05, 3.63) is 35.4 Å². The molecule has 0 radical (unpaired) electrons. The minimum Gasteiger partial charge on any atom is -0.350 e. The molecule has 0 aliphatic carbocycles. The van der Waals surface area contributed by atoms with Crippen molar-refractivity contribution < 1.29 is 4.79 Å². The van der Waals surface area contributed by atoms with Crippen LogP contribution in [0.1, 0.15) is 11.1 Å². The number of nitrogens with zero attached hydrogens (tertiary/aromatic N) is 1. The van der Waals surface area contributed by atoms with Crippen molar-refractivity contribution in [3.8, 4) is 0 Å². The summed E-state index contributed by atoms with van der Waals surface area (Å²) in [5.41, 5.74) is 10.5. The monoisotopic (exact) mass is 177 g/mol. The zero-order chi connectivity index (χ0) is 9.26. The number of primary amides is 1. The molecule has 2 rings (SSSR count). The van der Waals surface area contributed by atoms with E-state index in [0.29, 0.717) is 13.1 Å². The Labute approximate surface area is 76.3 Å². The van der Waals surface area contributed by atoms with E-state index in [1.54, 1.807) is 0 Å². The topological polar surface area (TPSA) is 58.4 Å². The van der Waals surface area contributed by atoms with Crippen LogP contribution in [-0.4, -0.2) is 11.0 Å². The van der Waals surface area contributed by atoms with Gasteiger partial charge in [0.15, 0.2) is 0 Å². The fraction of sp³-hybridized carbons (Fsp3) is 0.222. The molecule has 0 saturated heterocycles. The fourth-order valence-electron chi connectivity index (χ4n) is 1.45. The molecule has 2 amide bonds. The van der Waals surface area contributed by atoms with Crippen LogP contribution in [0.5, 0.6) is 0 Å². The van der Waals surface area contributed by atoms with E-state index >= 15 is 0 Å². The number of hydrazine groups is 1. The van der Waals surface area contributed by atoms with E-state index < -0.39 is 6.03 Å². The van der Waals surface area contributed by atoms with E-state index in [1.165, 1.54) is 10.6 Å². The summed E-state index contributed by atoms with van der Waals surface area (Å²) in [5.74, 6) is 0. The molecule has 1 aliphatic rings. The van der Waals surface area contributed by atoms with Gasteiger partial charge in [0, 0.05) is 6.54 Å². The summed E-state index contributed by atoms with van der Waals surface area (Å²) in [6.07, 6.45) is 0. The van der Waals surface area contributed by atoms with Crippen molar-refractivity contribution in [3.63, 3.8) is 0 Å². The van der Waals surface area contributed by atoms with Crippen molar-refractivity contribution in [1.82, 2.24) is 10.4 Å². The van der Waals surface area contributed by atoms with Crippen molar-refractivity contribution in [2.45, 2.75) is 13.1 Å². The standard InChI is InChI=1S/C9H11N3O/c10-9(13)12-6-8-4-2-1-3-7(8)5-11-12/h1-4,11H,5-6H2,(H2,10,13). The van der Waals surface area contributed by atoms with Gasteiger partial charge < -0.3 is 5.73 Å². The summed E-state index contributed by atoms with van der Waals surface area (Å²) < 4.78 is 0. The molecule has 13 heavy (non-hydrogen) atoms. The molecule has 0 spiro atoms. The lowest BCUT2D eigenvalue weighted by atomic mass is 10.1. The average Bonchev–Trinajstić information content (AvgIpc) is 2.17. The number of benzene rings is 1. The lowest BCUT2D eigenvalue weighted by molar-refractivity contribution is 0.166. The Bertz CT molecular complexity index is 337. The highest BCUT2D eigenvalue weighted by atomic mass is 16.2. The van der Waals surface area contributed by atoms with Crippen LogP contribution in [0.3, 0.4) is 0 Å². The summed E-state index contributed by atoms with van der Waals surface area (Å²) in [7, 11) is 0. The first-order valence-electron chi connectivity index (χ1n) is 4.14. The number of nitrogens with one attached hydrogen (secondary N) is 1. The average molecular weight is 177 g/mol. The highest BCUT2D eigenvalue weighted by molar-refractivity contribution is 5.71. The Hall–Kier alpha value is -1.55. The largest absolute Gasteiger partial charge is 0.350 e. The minimum atomic E-state index is -0.436. The zero-order valence-corrected chi connectivity index (χ0v) is 7.16. The maximum absolute atomic E-state index is 10.8. The number of amides is 2. The highest BCUT2D eigenvalue weighted by Gasteiger charge is 2.16. The Morgan fingerprint density at radius 3 is 2.77 bits per heavy atom. The van der Waals surface area contributed by atoms with E-state index in [9.17, 15) is 4.79 Å². The molecule has 1 aromatic carbocycles. The summed E-state index contributed by atoms with van der Waals surface area (Å²) in [5, 5.41) is 1.42. The third kappa shape index (κ3) is 1.48. The molecular weight excluding hydrogens is 166 g/mol. The first-order chi connectivity index (χ1) is 6.27. The molecule has 4 nitrogen and oxygen atoms in total. The van der Waals surface area contributed by atoms with E-state index in [4.69, 9.17) is 5.73 Å². The second-order valence-electron chi connectivity index (χ2n) is 3.03. The highest BCUT2D eigenvalue weighted by Crippen LogP contribution is 2.14. The molecular formula is C9H11N3O. The lowest BCUT2D eigenvalue weighted by Gasteiger charge is -2.27. The molecule has 1 heterocycles. The van der Waals surface area contributed by atoms with Crippen molar-refractivity contribution in [2.75, 3.05) is 0 Å². The predicted octanol–water partition coefficient (Wildman–Crippen LogP) is 0.586. The molecule has 68 valence electrons. The third-order valence-electron chi connectivity index (χ3n) is 2.17. The number of urea groups is 1. The summed E-state index contributed by atoms with van der Waals surface area (Å²) in [6, 6.07) is 7.56. The van der Waals surface area contributed by atoms with Crippen LogP contribution in [0.4, 0.5) is 4.79 Å². The van der Waals surface area contributed by atoms with Gasteiger partial charge >= 0.3 is 6.03 Å². The number of nitrogens with two attached hydrogens (primary N) is 1. The van der Waals surface area contributed by atoms with Crippen molar-refractivity contribution >= 4 is 6.03 Å². The van der Waals surface area contributed by atoms with Gasteiger partial charge in [-0.1, -0.05) is 24.3 Å².